The van der Waals surface area contributed by atoms with Crippen molar-refractivity contribution in [2.45, 2.75) is 68.9 Å². The second-order valence-corrected chi connectivity index (χ2v) is 15.9. The SMILES string of the molecule is CN(CCCc1cn(CCNC[C@@H](O)c2ccc(O)c3[nH]c(=O)ccc23)c2ccccc12)C1CCC(OC(=O)C(O)(c2cccs2)c2cccs2)CC1. The predicted octanol–water partition coefficient (Wildman–Crippen LogP) is 6.29. The van der Waals surface area contributed by atoms with Crippen molar-refractivity contribution in [2.75, 3.05) is 26.7 Å². The number of aromatic nitrogens is 2. The lowest BCUT2D eigenvalue weighted by Crippen LogP contribution is -2.42. The van der Waals surface area contributed by atoms with E-state index in [-0.39, 0.29) is 17.4 Å². The number of para-hydroxylation sites is 1. The van der Waals surface area contributed by atoms with Crippen LogP contribution >= 0.6 is 22.7 Å². The minimum absolute atomic E-state index is 0.0264. The Kier molecular flexibility index (Phi) is 11.4. The second kappa shape index (κ2) is 16.4. The fraction of sp³-hybridized carbons (Fsp3) is 0.366. The lowest BCUT2D eigenvalue weighted by atomic mass is 9.91. The molecule has 0 radical (unpaired) electrons. The molecule has 0 aliphatic heterocycles. The summed E-state index contributed by atoms with van der Waals surface area (Å²) in [5.74, 6) is -0.615. The van der Waals surface area contributed by atoms with E-state index in [0.717, 1.165) is 51.6 Å². The average Bonchev–Trinajstić information content (AvgIpc) is 3.97. The molecule has 5 N–H and O–H groups in total. The number of fused-ring (bicyclic) bond motifs is 2. The van der Waals surface area contributed by atoms with Gasteiger partial charge in [-0.1, -0.05) is 36.4 Å². The Bertz CT molecular complexity index is 2150. The van der Waals surface area contributed by atoms with Crippen LogP contribution in [0.2, 0.25) is 0 Å². The Balaban J connectivity index is 0.883. The van der Waals surface area contributed by atoms with Crippen molar-refractivity contribution < 1.29 is 24.9 Å². The molecule has 0 spiro atoms. The Morgan fingerprint density at radius 3 is 2.45 bits per heavy atom. The zero-order valence-electron chi connectivity index (χ0n) is 29.7. The zero-order chi connectivity index (χ0) is 37.0. The molecule has 12 heteroatoms. The van der Waals surface area contributed by atoms with Crippen LogP contribution < -0.4 is 10.9 Å². The summed E-state index contributed by atoms with van der Waals surface area (Å²) in [6.45, 7) is 2.69. The number of aromatic hydroxyl groups is 1. The fourth-order valence-electron chi connectivity index (χ4n) is 7.64. The Hall–Kier alpha value is -4.30. The summed E-state index contributed by atoms with van der Waals surface area (Å²) >= 11 is 2.72. The molecule has 2 aromatic carbocycles. The van der Waals surface area contributed by atoms with Gasteiger partial charge in [0.15, 0.2) is 0 Å². The number of aromatic amines is 1. The third-order valence-electron chi connectivity index (χ3n) is 10.6. The molecule has 4 aromatic heterocycles. The summed E-state index contributed by atoms with van der Waals surface area (Å²) in [5, 5.41) is 41.7. The van der Waals surface area contributed by atoms with Gasteiger partial charge in [-0.3, -0.25) is 4.79 Å². The first kappa shape index (κ1) is 37.0. The number of carbonyl (C=O) groups is 1. The molecular formula is C41H46N4O6S2. The number of pyridine rings is 1. The molecular weight excluding hydrogens is 709 g/mol. The third kappa shape index (κ3) is 7.98. The minimum Gasteiger partial charge on any atom is -0.506 e. The van der Waals surface area contributed by atoms with Crippen molar-refractivity contribution in [2.24, 2.45) is 0 Å². The molecule has 6 aromatic rings. The van der Waals surface area contributed by atoms with Crippen LogP contribution in [0, 0.1) is 0 Å². The van der Waals surface area contributed by atoms with Crippen LogP contribution in [0.5, 0.6) is 5.75 Å². The molecule has 0 saturated heterocycles. The first-order chi connectivity index (χ1) is 25.7. The molecule has 1 atom stereocenters. The maximum absolute atomic E-state index is 13.4. The number of aryl methyl sites for hydroxylation is 1. The lowest BCUT2D eigenvalue weighted by Gasteiger charge is -2.35. The molecule has 10 nitrogen and oxygen atoms in total. The van der Waals surface area contributed by atoms with E-state index in [4.69, 9.17) is 4.74 Å². The monoisotopic (exact) mass is 754 g/mol. The molecule has 0 unspecified atom stereocenters. The topological polar surface area (TPSA) is 140 Å². The zero-order valence-corrected chi connectivity index (χ0v) is 31.4. The first-order valence-corrected chi connectivity index (χ1v) is 20.0. The number of benzene rings is 2. The van der Waals surface area contributed by atoms with E-state index >= 15 is 0 Å². The Morgan fingerprint density at radius 2 is 1.74 bits per heavy atom. The smallest absolute Gasteiger partial charge is 0.349 e. The molecule has 1 aliphatic rings. The molecule has 0 amide bonds. The van der Waals surface area contributed by atoms with Crippen molar-refractivity contribution in [3.05, 3.63) is 121 Å². The quantitative estimate of drug-likeness (QED) is 0.0609. The van der Waals surface area contributed by atoms with E-state index in [1.807, 2.05) is 22.9 Å². The average molecular weight is 755 g/mol. The van der Waals surface area contributed by atoms with Crippen molar-refractivity contribution in [1.29, 1.82) is 0 Å². The number of aliphatic hydroxyl groups excluding tert-OH is 1. The van der Waals surface area contributed by atoms with Crippen LogP contribution in [-0.4, -0.2) is 74.6 Å². The number of hydrogen-bond donors (Lipinski definition) is 5. The number of rotatable bonds is 15. The summed E-state index contributed by atoms with van der Waals surface area (Å²) in [7, 11) is 2.19. The molecule has 1 saturated carbocycles. The summed E-state index contributed by atoms with van der Waals surface area (Å²) in [6, 6.07) is 22.4. The third-order valence-corrected chi connectivity index (χ3v) is 12.5. The highest BCUT2D eigenvalue weighted by Crippen LogP contribution is 2.38. The van der Waals surface area contributed by atoms with Crippen molar-refractivity contribution >= 4 is 50.4 Å². The number of ether oxygens (including phenoxy) is 1. The van der Waals surface area contributed by atoms with E-state index in [2.05, 4.69) is 57.3 Å². The van der Waals surface area contributed by atoms with Gasteiger partial charge in [0.2, 0.25) is 11.2 Å². The van der Waals surface area contributed by atoms with Crippen molar-refractivity contribution in [1.82, 2.24) is 19.8 Å². The van der Waals surface area contributed by atoms with E-state index in [0.29, 0.717) is 45.4 Å². The van der Waals surface area contributed by atoms with Gasteiger partial charge in [-0.2, -0.15) is 0 Å². The molecule has 278 valence electrons. The van der Waals surface area contributed by atoms with E-state index in [1.165, 1.54) is 51.3 Å². The van der Waals surface area contributed by atoms with Crippen LogP contribution in [-0.2, 0) is 28.1 Å². The largest absolute Gasteiger partial charge is 0.506 e. The number of hydrogen-bond acceptors (Lipinski definition) is 10. The van der Waals surface area contributed by atoms with Crippen LogP contribution in [0.1, 0.15) is 59.1 Å². The maximum atomic E-state index is 13.4. The van der Waals surface area contributed by atoms with Crippen LogP contribution in [0.15, 0.2) is 94.5 Å². The minimum atomic E-state index is -1.77. The van der Waals surface area contributed by atoms with E-state index < -0.39 is 17.7 Å². The molecule has 53 heavy (non-hydrogen) atoms. The van der Waals surface area contributed by atoms with E-state index in [9.17, 15) is 24.9 Å². The normalized spacial score (nSPS) is 17.1. The summed E-state index contributed by atoms with van der Waals surface area (Å²) in [6.07, 6.45) is 6.63. The predicted molar refractivity (Wildman–Crippen MR) is 211 cm³/mol. The van der Waals surface area contributed by atoms with Gasteiger partial charge in [0, 0.05) is 54.2 Å². The summed E-state index contributed by atoms with van der Waals surface area (Å²) < 4.78 is 8.24. The van der Waals surface area contributed by atoms with Gasteiger partial charge in [0.05, 0.1) is 21.4 Å². The number of phenols is 1. The van der Waals surface area contributed by atoms with Crippen molar-refractivity contribution in [3.63, 3.8) is 0 Å². The summed E-state index contributed by atoms with van der Waals surface area (Å²) in [5.41, 5.74) is 1.39. The second-order valence-electron chi connectivity index (χ2n) is 14.0. The number of esters is 1. The highest BCUT2D eigenvalue weighted by molar-refractivity contribution is 7.12. The van der Waals surface area contributed by atoms with Gasteiger partial charge in [-0.25, -0.2) is 4.79 Å². The van der Waals surface area contributed by atoms with Gasteiger partial charge >= 0.3 is 5.97 Å². The number of nitrogens with one attached hydrogen (secondary N) is 2. The number of aliphatic hydroxyl groups is 2. The molecule has 4 heterocycles. The lowest BCUT2D eigenvalue weighted by molar-refractivity contribution is -0.169. The standard InChI is InChI=1S/C41H46N4O6S2/c1-44(28-12-14-29(15-13-28)51-40(49)41(50,36-10-5-23-52-36)37-11-6-24-53-37)21-4-7-27-26-45(33-9-3-2-8-30(27)33)22-20-42-25-35(47)31-16-18-34(46)39-32(31)17-19-38(48)43-39/h2-3,5-6,8-11,16-19,23-24,26,28-29,35,42,46-47,50H,4,7,12-15,20-22,25H2,1H3,(H,43,48)/t28?,29?,35-/m1/s1. The fourth-order valence-corrected chi connectivity index (χ4v) is 9.35. The van der Waals surface area contributed by atoms with Gasteiger partial charge in [-0.05, 0) is 104 Å². The molecule has 1 fully saturated rings. The van der Waals surface area contributed by atoms with Gasteiger partial charge in [0.25, 0.3) is 0 Å². The highest BCUT2D eigenvalue weighted by Gasteiger charge is 2.45. The van der Waals surface area contributed by atoms with Crippen LogP contribution in [0.25, 0.3) is 21.8 Å². The number of phenolic OH excluding ortho intramolecular Hbond substituents is 1. The van der Waals surface area contributed by atoms with E-state index in [1.54, 1.807) is 24.3 Å². The number of nitrogens with zero attached hydrogens (tertiary/aromatic N) is 2. The molecule has 7 rings (SSSR count). The number of carbonyl (C=O) groups excluding carboxylic acids is 1. The first-order valence-electron chi connectivity index (χ1n) is 18.2. The van der Waals surface area contributed by atoms with Crippen LogP contribution in [0.3, 0.4) is 0 Å². The van der Waals surface area contributed by atoms with Gasteiger partial charge in [-0.15, -0.1) is 22.7 Å². The maximum Gasteiger partial charge on any atom is 0.349 e. The highest BCUT2D eigenvalue weighted by atomic mass is 32.1. The van der Waals surface area contributed by atoms with Crippen molar-refractivity contribution in [3.8, 4) is 5.75 Å². The Labute approximate surface area is 316 Å². The van der Waals surface area contributed by atoms with Gasteiger partial charge in [0.1, 0.15) is 11.9 Å². The van der Waals surface area contributed by atoms with Crippen LogP contribution in [0.4, 0.5) is 0 Å². The number of H-pyrrole nitrogens is 1. The summed E-state index contributed by atoms with van der Waals surface area (Å²) in [4.78, 5) is 31.4. The Morgan fingerprint density at radius 1 is 1.00 bits per heavy atom. The molecule has 0 bridgehead atoms. The number of thiophene rings is 2. The molecule has 1 aliphatic carbocycles. The van der Waals surface area contributed by atoms with Gasteiger partial charge < -0.3 is 39.8 Å².